The Bertz CT molecular complexity index is 508. The molecule has 1 aromatic carbocycles. The molecular weight excluding hydrogens is 256 g/mol. The molecule has 1 heterocycles. The minimum absolute atomic E-state index is 0.168. The van der Waals surface area contributed by atoms with E-state index in [1.165, 1.54) is 4.88 Å². The Labute approximate surface area is 117 Å². The molecule has 0 aliphatic heterocycles. The fraction of sp³-hybridized carbons (Fsp3) is 0.214. The summed E-state index contributed by atoms with van der Waals surface area (Å²) < 4.78 is 0. The summed E-state index contributed by atoms with van der Waals surface area (Å²) in [6.07, 6.45) is 0.916. The van der Waals surface area contributed by atoms with E-state index in [0.717, 1.165) is 12.1 Å². The highest BCUT2D eigenvalue weighted by Crippen LogP contribution is 2.12. The molecule has 0 amide bonds. The number of para-hydroxylation sites is 1. The van der Waals surface area contributed by atoms with Crippen LogP contribution in [-0.2, 0) is 6.42 Å². The number of rotatable bonds is 4. The van der Waals surface area contributed by atoms with E-state index in [-0.39, 0.29) is 6.04 Å². The van der Waals surface area contributed by atoms with E-state index < -0.39 is 0 Å². The third-order valence-corrected chi connectivity index (χ3v) is 3.50. The first-order valence-corrected chi connectivity index (χ1v) is 7.05. The summed E-state index contributed by atoms with van der Waals surface area (Å²) >= 11 is 1.75. The van der Waals surface area contributed by atoms with Crippen LogP contribution in [0.5, 0.6) is 0 Å². The standard InChI is InChI=1S/C14H18N4S/c1-11(10-13-8-5-9-19-13)16-14(18-15)17-12-6-3-2-4-7-12/h2-9,11H,10,15H2,1H3,(H2,16,17,18). The lowest BCUT2D eigenvalue weighted by molar-refractivity contribution is 0.740. The van der Waals surface area contributed by atoms with Crippen LogP contribution < -0.4 is 16.6 Å². The van der Waals surface area contributed by atoms with E-state index >= 15 is 0 Å². The molecule has 0 spiro atoms. The van der Waals surface area contributed by atoms with Crippen molar-refractivity contribution in [3.8, 4) is 0 Å². The van der Waals surface area contributed by atoms with Gasteiger partial charge in [-0.3, -0.25) is 5.43 Å². The van der Waals surface area contributed by atoms with Gasteiger partial charge in [0.2, 0.25) is 5.96 Å². The van der Waals surface area contributed by atoms with Gasteiger partial charge in [-0.1, -0.05) is 24.3 Å². The predicted molar refractivity (Wildman–Crippen MR) is 82.3 cm³/mol. The summed E-state index contributed by atoms with van der Waals surface area (Å²) in [4.78, 5) is 5.87. The van der Waals surface area contributed by atoms with Crippen molar-refractivity contribution in [2.45, 2.75) is 19.4 Å². The minimum Gasteiger partial charge on any atom is -0.325 e. The Balaban J connectivity index is 1.98. The van der Waals surface area contributed by atoms with Crippen LogP contribution in [0, 0.1) is 0 Å². The van der Waals surface area contributed by atoms with Gasteiger partial charge in [0.25, 0.3) is 0 Å². The largest absolute Gasteiger partial charge is 0.325 e. The number of nitrogens with two attached hydrogens (primary N) is 1. The second-order valence-corrected chi connectivity index (χ2v) is 5.28. The zero-order valence-electron chi connectivity index (χ0n) is 10.8. The van der Waals surface area contributed by atoms with E-state index in [1.807, 2.05) is 30.3 Å². The van der Waals surface area contributed by atoms with Crippen LogP contribution in [0.2, 0.25) is 0 Å². The lowest BCUT2D eigenvalue weighted by Gasteiger charge is -2.12. The van der Waals surface area contributed by atoms with Gasteiger partial charge in [-0.05, 0) is 30.5 Å². The highest BCUT2D eigenvalue weighted by molar-refractivity contribution is 7.09. The number of nitrogens with one attached hydrogen (secondary N) is 2. The lowest BCUT2D eigenvalue weighted by Crippen LogP contribution is -2.37. The van der Waals surface area contributed by atoms with E-state index in [4.69, 9.17) is 5.84 Å². The molecule has 1 unspecified atom stereocenters. The molecular formula is C14H18N4S. The molecule has 19 heavy (non-hydrogen) atoms. The van der Waals surface area contributed by atoms with Gasteiger partial charge in [-0.15, -0.1) is 11.3 Å². The highest BCUT2D eigenvalue weighted by Gasteiger charge is 2.05. The number of benzene rings is 1. The first kappa shape index (κ1) is 13.6. The van der Waals surface area contributed by atoms with E-state index in [9.17, 15) is 0 Å². The van der Waals surface area contributed by atoms with Crippen molar-refractivity contribution >= 4 is 23.0 Å². The van der Waals surface area contributed by atoms with Gasteiger partial charge in [0.1, 0.15) is 0 Å². The molecule has 0 saturated heterocycles. The molecule has 4 nitrogen and oxygen atoms in total. The van der Waals surface area contributed by atoms with E-state index in [1.54, 1.807) is 11.3 Å². The van der Waals surface area contributed by atoms with Gasteiger partial charge in [0.15, 0.2) is 0 Å². The van der Waals surface area contributed by atoms with Gasteiger partial charge in [0, 0.05) is 17.0 Å². The number of hydrogen-bond acceptors (Lipinski definition) is 3. The van der Waals surface area contributed by atoms with Crippen molar-refractivity contribution in [3.63, 3.8) is 0 Å². The van der Waals surface area contributed by atoms with Gasteiger partial charge in [0.05, 0.1) is 6.04 Å². The fourth-order valence-corrected chi connectivity index (χ4v) is 2.58. The third-order valence-electron chi connectivity index (χ3n) is 2.60. The normalized spacial score (nSPS) is 13.1. The molecule has 100 valence electrons. The van der Waals surface area contributed by atoms with Crippen LogP contribution in [0.25, 0.3) is 0 Å². The average molecular weight is 274 g/mol. The van der Waals surface area contributed by atoms with Gasteiger partial charge in [-0.2, -0.15) is 0 Å². The predicted octanol–water partition coefficient (Wildman–Crippen LogP) is 2.61. The summed E-state index contributed by atoms with van der Waals surface area (Å²) in [6.45, 7) is 2.07. The first-order chi connectivity index (χ1) is 9.28. The third kappa shape index (κ3) is 4.39. The van der Waals surface area contributed by atoms with Crippen LogP contribution in [0.1, 0.15) is 11.8 Å². The number of hydrogen-bond donors (Lipinski definition) is 3. The van der Waals surface area contributed by atoms with E-state index in [2.05, 4.69) is 40.2 Å². The van der Waals surface area contributed by atoms with Gasteiger partial charge in [-0.25, -0.2) is 10.8 Å². The second-order valence-electron chi connectivity index (χ2n) is 4.25. The average Bonchev–Trinajstić information content (AvgIpc) is 2.92. The van der Waals surface area contributed by atoms with E-state index in [0.29, 0.717) is 5.96 Å². The maximum Gasteiger partial charge on any atom is 0.210 e. The Hall–Kier alpha value is -1.85. The topological polar surface area (TPSA) is 62.4 Å². The SMILES string of the molecule is CC(Cc1cccs1)N=C(NN)Nc1ccccc1. The highest BCUT2D eigenvalue weighted by atomic mass is 32.1. The van der Waals surface area contributed by atoms with Crippen LogP contribution in [0.4, 0.5) is 5.69 Å². The second kappa shape index (κ2) is 6.92. The van der Waals surface area contributed by atoms with Crippen molar-refractivity contribution in [2.75, 3.05) is 5.32 Å². The van der Waals surface area contributed by atoms with Crippen LogP contribution >= 0.6 is 11.3 Å². The molecule has 5 heteroatoms. The summed E-state index contributed by atoms with van der Waals surface area (Å²) in [7, 11) is 0. The fourth-order valence-electron chi connectivity index (χ4n) is 1.75. The molecule has 2 aromatic rings. The van der Waals surface area contributed by atoms with Crippen molar-refractivity contribution in [1.29, 1.82) is 0 Å². The Morgan fingerprint density at radius 2 is 2.05 bits per heavy atom. The molecule has 1 aromatic heterocycles. The molecule has 0 saturated carbocycles. The minimum atomic E-state index is 0.168. The number of thiophene rings is 1. The lowest BCUT2D eigenvalue weighted by atomic mass is 10.2. The quantitative estimate of drug-likeness (QED) is 0.347. The molecule has 0 bridgehead atoms. The van der Waals surface area contributed by atoms with Crippen LogP contribution in [-0.4, -0.2) is 12.0 Å². The van der Waals surface area contributed by atoms with Crippen LogP contribution in [0.15, 0.2) is 52.8 Å². The maximum atomic E-state index is 5.50. The molecule has 0 aliphatic carbocycles. The van der Waals surface area contributed by atoms with Crippen molar-refractivity contribution in [3.05, 3.63) is 52.7 Å². The summed E-state index contributed by atoms with van der Waals surface area (Å²) in [5.41, 5.74) is 3.56. The number of hydrazine groups is 1. The van der Waals surface area contributed by atoms with Crippen molar-refractivity contribution < 1.29 is 0 Å². The number of anilines is 1. The number of guanidine groups is 1. The molecule has 0 fully saturated rings. The molecule has 4 N–H and O–H groups in total. The monoisotopic (exact) mass is 274 g/mol. The van der Waals surface area contributed by atoms with Crippen molar-refractivity contribution in [2.24, 2.45) is 10.8 Å². The zero-order chi connectivity index (χ0) is 13.5. The zero-order valence-corrected chi connectivity index (χ0v) is 11.7. The Morgan fingerprint density at radius 3 is 2.68 bits per heavy atom. The molecule has 0 aliphatic rings. The van der Waals surface area contributed by atoms with Crippen molar-refractivity contribution in [1.82, 2.24) is 5.43 Å². The number of aliphatic imine (C=N–C) groups is 1. The van der Waals surface area contributed by atoms with Crippen LogP contribution in [0.3, 0.4) is 0 Å². The smallest absolute Gasteiger partial charge is 0.210 e. The Kier molecular flexibility index (Phi) is 4.94. The summed E-state index contributed by atoms with van der Waals surface area (Å²) in [5, 5.41) is 5.24. The first-order valence-electron chi connectivity index (χ1n) is 6.17. The summed E-state index contributed by atoms with van der Waals surface area (Å²) in [6, 6.07) is 14.2. The number of nitrogens with zero attached hydrogens (tertiary/aromatic N) is 1. The molecule has 2 rings (SSSR count). The van der Waals surface area contributed by atoms with Gasteiger partial charge >= 0.3 is 0 Å². The molecule has 0 radical (unpaired) electrons. The van der Waals surface area contributed by atoms with Gasteiger partial charge < -0.3 is 5.32 Å². The Morgan fingerprint density at radius 1 is 1.26 bits per heavy atom. The summed E-state index contributed by atoms with van der Waals surface area (Å²) in [5.74, 6) is 6.08. The molecule has 1 atom stereocenters. The maximum absolute atomic E-state index is 5.50.